The minimum Gasteiger partial charge on any atom is -0.393 e. The molecule has 0 heterocycles. The number of aliphatic hydroxyl groups is 1. The van der Waals surface area contributed by atoms with Crippen molar-refractivity contribution in [3.63, 3.8) is 0 Å². The standard InChI is InChI=1S/C13H28N2O2/c1-10(2)8-13(4,5)9-15-12(17)14-7-6-11(3)16/h10-11,16H,6-9H2,1-5H3,(H2,14,15,17). The highest BCUT2D eigenvalue weighted by molar-refractivity contribution is 5.73. The van der Waals surface area contributed by atoms with Crippen molar-refractivity contribution in [2.75, 3.05) is 13.1 Å². The van der Waals surface area contributed by atoms with Crippen LogP contribution in [0.25, 0.3) is 0 Å². The summed E-state index contributed by atoms with van der Waals surface area (Å²) in [4.78, 5) is 11.5. The van der Waals surface area contributed by atoms with Crippen LogP contribution in [0.5, 0.6) is 0 Å². The van der Waals surface area contributed by atoms with Crippen LogP contribution in [0.2, 0.25) is 0 Å². The third kappa shape index (κ3) is 10.1. The Hall–Kier alpha value is -0.770. The zero-order chi connectivity index (χ0) is 13.5. The van der Waals surface area contributed by atoms with Crippen LogP contribution in [0.3, 0.4) is 0 Å². The first-order chi connectivity index (χ1) is 7.73. The molecule has 0 saturated heterocycles. The second-order valence-corrected chi connectivity index (χ2v) is 6.01. The van der Waals surface area contributed by atoms with Crippen molar-refractivity contribution in [1.82, 2.24) is 10.6 Å². The average Bonchev–Trinajstić information content (AvgIpc) is 2.12. The molecule has 0 bridgehead atoms. The Morgan fingerprint density at radius 3 is 2.29 bits per heavy atom. The number of aliphatic hydroxyl groups excluding tert-OH is 1. The van der Waals surface area contributed by atoms with Crippen LogP contribution in [0.15, 0.2) is 0 Å². The van der Waals surface area contributed by atoms with Gasteiger partial charge in [0.05, 0.1) is 6.10 Å². The molecule has 1 unspecified atom stereocenters. The molecule has 1 atom stereocenters. The van der Waals surface area contributed by atoms with E-state index in [1.165, 1.54) is 0 Å². The van der Waals surface area contributed by atoms with Crippen molar-refractivity contribution in [1.29, 1.82) is 0 Å². The van der Waals surface area contributed by atoms with Crippen molar-refractivity contribution in [2.45, 2.75) is 53.6 Å². The molecule has 3 N–H and O–H groups in total. The molecular formula is C13H28N2O2. The van der Waals surface area contributed by atoms with Crippen LogP contribution in [0.1, 0.15) is 47.5 Å². The molecule has 0 aliphatic heterocycles. The van der Waals surface area contributed by atoms with Crippen LogP contribution >= 0.6 is 0 Å². The highest BCUT2D eigenvalue weighted by Gasteiger charge is 2.20. The molecule has 0 aliphatic carbocycles. The molecule has 0 rings (SSSR count). The van der Waals surface area contributed by atoms with Gasteiger partial charge in [0.2, 0.25) is 0 Å². The Morgan fingerprint density at radius 2 is 1.82 bits per heavy atom. The largest absolute Gasteiger partial charge is 0.393 e. The van der Waals surface area contributed by atoms with E-state index in [9.17, 15) is 4.79 Å². The van der Waals surface area contributed by atoms with Gasteiger partial charge in [-0.1, -0.05) is 27.7 Å². The highest BCUT2D eigenvalue weighted by Crippen LogP contribution is 2.23. The number of hydrogen-bond donors (Lipinski definition) is 3. The van der Waals surface area contributed by atoms with Gasteiger partial charge in [-0.05, 0) is 31.1 Å². The average molecular weight is 244 g/mol. The SMILES string of the molecule is CC(C)CC(C)(C)CNC(=O)NCCC(C)O. The van der Waals surface area contributed by atoms with Crippen LogP contribution in [0, 0.1) is 11.3 Å². The monoisotopic (exact) mass is 244 g/mol. The lowest BCUT2D eigenvalue weighted by Crippen LogP contribution is -2.41. The lowest BCUT2D eigenvalue weighted by Gasteiger charge is -2.27. The fourth-order valence-electron chi connectivity index (χ4n) is 1.95. The third-order valence-electron chi connectivity index (χ3n) is 2.54. The number of hydrogen-bond acceptors (Lipinski definition) is 2. The van der Waals surface area contributed by atoms with E-state index in [2.05, 4.69) is 38.3 Å². The number of amides is 2. The van der Waals surface area contributed by atoms with Crippen LogP contribution in [-0.4, -0.2) is 30.3 Å². The van der Waals surface area contributed by atoms with E-state index in [1.54, 1.807) is 6.92 Å². The summed E-state index contributed by atoms with van der Waals surface area (Å²) in [6.07, 6.45) is 1.30. The van der Waals surface area contributed by atoms with E-state index < -0.39 is 0 Å². The number of urea groups is 1. The van der Waals surface area contributed by atoms with Crippen molar-refractivity contribution >= 4 is 6.03 Å². The van der Waals surface area contributed by atoms with Crippen molar-refractivity contribution < 1.29 is 9.90 Å². The molecular weight excluding hydrogens is 216 g/mol. The topological polar surface area (TPSA) is 61.4 Å². The normalized spacial score (nSPS) is 13.6. The van der Waals surface area contributed by atoms with Gasteiger partial charge in [0.15, 0.2) is 0 Å². The van der Waals surface area contributed by atoms with Gasteiger partial charge in [-0.25, -0.2) is 4.79 Å². The number of carbonyl (C=O) groups is 1. The lowest BCUT2D eigenvalue weighted by atomic mass is 9.84. The minimum atomic E-state index is -0.368. The summed E-state index contributed by atoms with van der Waals surface area (Å²) in [6.45, 7) is 11.6. The zero-order valence-corrected chi connectivity index (χ0v) is 11.8. The lowest BCUT2D eigenvalue weighted by molar-refractivity contribution is 0.182. The van der Waals surface area contributed by atoms with E-state index in [4.69, 9.17) is 5.11 Å². The second kappa shape index (κ2) is 7.54. The Bertz CT molecular complexity index is 225. The molecule has 0 saturated carbocycles. The number of carbonyl (C=O) groups excluding carboxylic acids is 1. The highest BCUT2D eigenvalue weighted by atomic mass is 16.3. The molecule has 17 heavy (non-hydrogen) atoms. The summed E-state index contributed by atoms with van der Waals surface area (Å²) in [5, 5.41) is 14.7. The fourth-order valence-corrected chi connectivity index (χ4v) is 1.95. The molecule has 0 aromatic carbocycles. The molecule has 0 radical (unpaired) electrons. The molecule has 0 fully saturated rings. The van der Waals surface area contributed by atoms with E-state index >= 15 is 0 Å². The summed E-state index contributed by atoms with van der Waals surface area (Å²) in [5.41, 5.74) is 0.121. The van der Waals surface area contributed by atoms with E-state index in [-0.39, 0.29) is 17.6 Å². The number of rotatable bonds is 7. The molecule has 4 heteroatoms. The van der Waals surface area contributed by atoms with Crippen molar-refractivity contribution in [2.24, 2.45) is 11.3 Å². The van der Waals surface area contributed by atoms with Gasteiger partial charge in [0, 0.05) is 13.1 Å². The molecule has 0 aromatic heterocycles. The zero-order valence-electron chi connectivity index (χ0n) is 11.8. The Morgan fingerprint density at radius 1 is 1.24 bits per heavy atom. The molecule has 102 valence electrons. The summed E-state index contributed by atoms with van der Waals surface area (Å²) < 4.78 is 0. The summed E-state index contributed by atoms with van der Waals surface area (Å²) in [5.74, 6) is 0.630. The van der Waals surface area contributed by atoms with Gasteiger partial charge >= 0.3 is 6.03 Å². The van der Waals surface area contributed by atoms with Gasteiger partial charge in [-0.15, -0.1) is 0 Å². The Balaban J connectivity index is 3.75. The van der Waals surface area contributed by atoms with Gasteiger partial charge in [0.25, 0.3) is 0 Å². The quantitative estimate of drug-likeness (QED) is 0.642. The van der Waals surface area contributed by atoms with E-state index in [0.717, 1.165) is 6.42 Å². The fraction of sp³-hybridized carbons (Fsp3) is 0.923. The minimum absolute atomic E-state index is 0.121. The molecule has 0 aromatic rings. The first-order valence-electron chi connectivity index (χ1n) is 6.43. The summed E-state index contributed by atoms with van der Waals surface area (Å²) in [7, 11) is 0. The molecule has 2 amide bonds. The summed E-state index contributed by atoms with van der Waals surface area (Å²) >= 11 is 0. The maximum Gasteiger partial charge on any atom is 0.314 e. The van der Waals surface area contributed by atoms with Crippen LogP contribution in [-0.2, 0) is 0 Å². The maximum absolute atomic E-state index is 11.5. The Labute approximate surface area is 105 Å². The third-order valence-corrected chi connectivity index (χ3v) is 2.54. The van der Waals surface area contributed by atoms with Crippen LogP contribution in [0.4, 0.5) is 4.79 Å². The molecule has 4 nitrogen and oxygen atoms in total. The van der Waals surface area contributed by atoms with Crippen LogP contribution < -0.4 is 10.6 Å². The predicted octanol–water partition coefficient (Wildman–Crippen LogP) is 2.13. The summed E-state index contributed by atoms with van der Waals surface area (Å²) in [6, 6.07) is -0.150. The molecule has 0 spiro atoms. The van der Waals surface area contributed by atoms with Gasteiger partial charge in [-0.3, -0.25) is 0 Å². The first kappa shape index (κ1) is 16.2. The Kier molecular flexibility index (Phi) is 7.19. The van der Waals surface area contributed by atoms with Gasteiger partial charge < -0.3 is 15.7 Å². The van der Waals surface area contributed by atoms with Crippen molar-refractivity contribution in [3.05, 3.63) is 0 Å². The second-order valence-electron chi connectivity index (χ2n) is 6.01. The van der Waals surface area contributed by atoms with E-state index in [1.807, 2.05) is 0 Å². The van der Waals surface area contributed by atoms with Gasteiger partial charge in [0.1, 0.15) is 0 Å². The first-order valence-corrected chi connectivity index (χ1v) is 6.43. The molecule has 0 aliphatic rings. The smallest absolute Gasteiger partial charge is 0.314 e. The van der Waals surface area contributed by atoms with Crippen molar-refractivity contribution in [3.8, 4) is 0 Å². The maximum atomic E-state index is 11.5. The number of nitrogens with one attached hydrogen (secondary N) is 2. The van der Waals surface area contributed by atoms with E-state index in [0.29, 0.717) is 25.4 Å². The van der Waals surface area contributed by atoms with Gasteiger partial charge in [-0.2, -0.15) is 0 Å². The predicted molar refractivity (Wildman–Crippen MR) is 70.9 cm³/mol.